The number of aromatic nitrogens is 5. The number of thioether (sulfide) groups is 1. The molecule has 0 amide bonds. The number of hydrogen-bond donors (Lipinski definition) is 0. The number of nitrogens with zero attached hydrogens (tertiary/aromatic N) is 5. The standard InChI is InChI=1S/C13H11ClFN5OS/c14-10-2-1-3-11(15)9(10)4-5-22-13-19-18-12(21-13)6-20-8-16-7-17-20/h1-3,7-8H,4-6H2. The molecule has 0 unspecified atom stereocenters. The van der Waals surface area contributed by atoms with Crippen LogP contribution in [0.5, 0.6) is 0 Å². The van der Waals surface area contributed by atoms with Crippen LogP contribution in [0.4, 0.5) is 4.39 Å². The second-order valence-electron chi connectivity index (χ2n) is 4.35. The zero-order valence-electron chi connectivity index (χ0n) is 11.3. The van der Waals surface area contributed by atoms with Crippen LogP contribution in [0.1, 0.15) is 11.5 Å². The summed E-state index contributed by atoms with van der Waals surface area (Å²) in [5.41, 5.74) is 0.499. The Bertz CT molecular complexity index is 728. The van der Waals surface area contributed by atoms with Gasteiger partial charge >= 0.3 is 0 Å². The van der Waals surface area contributed by atoms with E-state index in [0.29, 0.717) is 40.4 Å². The van der Waals surface area contributed by atoms with Crippen LogP contribution in [0.3, 0.4) is 0 Å². The predicted molar refractivity (Wildman–Crippen MR) is 79.3 cm³/mol. The normalized spacial score (nSPS) is 11.0. The summed E-state index contributed by atoms with van der Waals surface area (Å²) in [5, 5.41) is 12.7. The molecule has 9 heteroatoms. The van der Waals surface area contributed by atoms with E-state index in [-0.39, 0.29) is 5.82 Å². The van der Waals surface area contributed by atoms with Crippen molar-refractivity contribution in [3.8, 4) is 0 Å². The number of halogens is 2. The molecule has 114 valence electrons. The van der Waals surface area contributed by atoms with Crippen molar-refractivity contribution in [3.05, 3.63) is 53.1 Å². The zero-order chi connectivity index (χ0) is 15.4. The average Bonchev–Trinajstić information content (AvgIpc) is 3.15. The molecule has 2 heterocycles. The van der Waals surface area contributed by atoms with Crippen molar-refractivity contribution in [2.75, 3.05) is 5.75 Å². The fraction of sp³-hybridized carbons (Fsp3) is 0.231. The highest BCUT2D eigenvalue weighted by atomic mass is 35.5. The minimum Gasteiger partial charge on any atom is -0.414 e. The molecule has 0 aliphatic heterocycles. The second-order valence-corrected chi connectivity index (χ2v) is 5.81. The molecule has 0 N–H and O–H groups in total. The largest absolute Gasteiger partial charge is 0.414 e. The molecule has 0 atom stereocenters. The first kappa shape index (κ1) is 15.0. The number of rotatable bonds is 6. The van der Waals surface area contributed by atoms with Gasteiger partial charge in [-0.05, 0) is 18.6 Å². The van der Waals surface area contributed by atoms with Crippen molar-refractivity contribution in [2.24, 2.45) is 0 Å². The number of hydrogen-bond acceptors (Lipinski definition) is 6. The van der Waals surface area contributed by atoms with Gasteiger partial charge in [-0.2, -0.15) is 5.10 Å². The zero-order valence-corrected chi connectivity index (χ0v) is 12.9. The molecular formula is C13H11ClFN5OS. The van der Waals surface area contributed by atoms with Gasteiger partial charge < -0.3 is 4.42 Å². The summed E-state index contributed by atoms with van der Waals surface area (Å²) in [7, 11) is 0. The first-order valence-corrected chi connectivity index (χ1v) is 7.79. The van der Waals surface area contributed by atoms with Crippen molar-refractivity contribution < 1.29 is 8.81 Å². The van der Waals surface area contributed by atoms with E-state index in [9.17, 15) is 4.39 Å². The van der Waals surface area contributed by atoms with E-state index in [0.717, 1.165) is 0 Å². The van der Waals surface area contributed by atoms with Crippen LogP contribution in [-0.2, 0) is 13.0 Å². The Morgan fingerprint density at radius 1 is 1.32 bits per heavy atom. The fourth-order valence-electron chi connectivity index (χ4n) is 1.82. The molecule has 0 aliphatic rings. The van der Waals surface area contributed by atoms with Gasteiger partial charge in [-0.15, -0.1) is 10.2 Å². The fourth-order valence-corrected chi connectivity index (χ4v) is 2.82. The molecule has 0 saturated carbocycles. The first-order chi connectivity index (χ1) is 10.7. The Kier molecular flexibility index (Phi) is 4.69. The molecular weight excluding hydrogens is 329 g/mol. The molecule has 2 aromatic heterocycles. The second kappa shape index (κ2) is 6.89. The molecule has 1 aromatic carbocycles. The Morgan fingerprint density at radius 2 is 2.23 bits per heavy atom. The summed E-state index contributed by atoms with van der Waals surface area (Å²) in [5.74, 6) is 0.730. The molecule has 3 rings (SSSR count). The van der Waals surface area contributed by atoms with E-state index in [2.05, 4.69) is 20.3 Å². The quantitative estimate of drug-likeness (QED) is 0.643. The molecule has 0 saturated heterocycles. The molecule has 0 bridgehead atoms. The predicted octanol–water partition coefficient (Wildman–Crippen LogP) is 2.84. The average molecular weight is 340 g/mol. The lowest BCUT2D eigenvalue weighted by Crippen LogP contribution is -1.99. The van der Waals surface area contributed by atoms with Crippen molar-refractivity contribution in [3.63, 3.8) is 0 Å². The van der Waals surface area contributed by atoms with Crippen LogP contribution in [0.25, 0.3) is 0 Å². The van der Waals surface area contributed by atoms with Gasteiger partial charge in [0.05, 0.1) is 0 Å². The summed E-state index contributed by atoms with van der Waals surface area (Å²) < 4.78 is 20.7. The van der Waals surface area contributed by atoms with Crippen LogP contribution in [0.15, 0.2) is 40.5 Å². The topological polar surface area (TPSA) is 69.6 Å². The van der Waals surface area contributed by atoms with Gasteiger partial charge in [-0.1, -0.05) is 29.4 Å². The summed E-state index contributed by atoms with van der Waals surface area (Å²) in [6.07, 6.45) is 3.48. The molecule has 0 spiro atoms. The smallest absolute Gasteiger partial charge is 0.276 e. The van der Waals surface area contributed by atoms with Gasteiger partial charge in [0.25, 0.3) is 5.22 Å². The third-order valence-corrected chi connectivity index (χ3v) is 4.03. The van der Waals surface area contributed by atoms with Crippen molar-refractivity contribution >= 4 is 23.4 Å². The van der Waals surface area contributed by atoms with Gasteiger partial charge in [-0.3, -0.25) is 0 Å². The van der Waals surface area contributed by atoms with Gasteiger partial charge in [-0.25, -0.2) is 14.1 Å². The third kappa shape index (κ3) is 3.63. The van der Waals surface area contributed by atoms with Crippen LogP contribution in [0.2, 0.25) is 5.02 Å². The minimum atomic E-state index is -0.300. The molecule has 0 fully saturated rings. The van der Waals surface area contributed by atoms with Crippen LogP contribution >= 0.6 is 23.4 Å². The van der Waals surface area contributed by atoms with Crippen molar-refractivity contribution in [1.29, 1.82) is 0 Å². The maximum absolute atomic E-state index is 13.6. The molecule has 3 aromatic rings. The Labute approximate surface area is 134 Å². The van der Waals surface area contributed by atoms with Gasteiger partial charge in [0.15, 0.2) is 0 Å². The summed E-state index contributed by atoms with van der Waals surface area (Å²) in [6, 6.07) is 4.66. The molecule has 0 radical (unpaired) electrons. The summed E-state index contributed by atoms with van der Waals surface area (Å²) in [6.45, 7) is 0.368. The molecule has 6 nitrogen and oxygen atoms in total. The van der Waals surface area contributed by atoms with Crippen molar-refractivity contribution in [2.45, 2.75) is 18.2 Å². The highest BCUT2D eigenvalue weighted by molar-refractivity contribution is 7.99. The summed E-state index contributed by atoms with van der Waals surface area (Å²) in [4.78, 5) is 3.83. The van der Waals surface area contributed by atoms with Crippen LogP contribution in [-0.4, -0.2) is 30.7 Å². The van der Waals surface area contributed by atoms with E-state index in [1.165, 1.54) is 24.2 Å². The minimum absolute atomic E-state index is 0.300. The van der Waals surface area contributed by atoms with Gasteiger partial charge in [0.2, 0.25) is 5.89 Å². The van der Waals surface area contributed by atoms with Gasteiger partial charge in [0.1, 0.15) is 25.0 Å². The Hall–Kier alpha value is -1.93. The lowest BCUT2D eigenvalue weighted by atomic mass is 10.1. The van der Waals surface area contributed by atoms with E-state index in [4.69, 9.17) is 16.0 Å². The van der Waals surface area contributed by atoms with E-state index >= 15 is 0 Å². The number of benzene rings is 1. The Balaban J connectivity index is 1.55. The van der Waals surface area contributed by atoms with E-state index < -0.39 is 0 Å². The SMILES string of the molecule is Fc1cccc(Cl)c1CCSc1nnc(Cn2cncn2)o1. The maximum Gasteiger partial charge on any atom is 0.276 e. The monoisotopic (exact) mass is 339 g/mol. The Morgan fingerprint density at radius 3 is 3.00 bits per heavy atom. The lowest BCUT2D eigenvalue weighted by molar-refractivity contribution is 0.397. The highest BCUT2D eigenvalue weighted by Gasteiger charge is 2.10. The van der Waals surface area contributed by atoms with Gasteiger partial charge in [0, 0.05) is 16.3 Å². The first-order valence-electron chi connectivity index (χ1n) is 6.43. The lowest BCUT2D eigenvalue weighted by Gasteiger charge is -2.03. The highest BCUT2D eigenvalue weighted by Crippen LogP contribution is 2.23. The van der Waals surface area contributed by atoms with Crippen molar-refractivity contribution in [1.82, 2.24) is 25.0 Å². The molecule has 22 heavy (non-hydrogen) atoms. The summed E-state index contributed by atoms with van der Waals surface area (Å²) >= 11 is 7.33. The van der Waals surface area contributed by atoms with E-state index in [1.54, 1.807) is 23.1 Å². The van der Waals surface area contributed by atoms with Crippen LogP contribution < -0.4 is 0 Å². The van der Waals surface area contributed by atoms with Crippen LogP contribution in [0, 0.1) is 5.82 Å². The molecule has 0 aliphatic carbocycles. The third-order valence-electron chi connectivity index (χ3n) is 2.85. The maximum atomic E-state index is 13.6. The van der Waals surface area contributed by atoms with E-state index in [1.807, 2.05) is 0 Å².